The Morgan fingerprint density at radius 3 is 0.869 bits per heavy atom. The van der Waals surface area contributed by atoms with Gasteiger partial charge in [-0.15, -0.1) is 0 Å². The molecule has 0 fully saturated rings. The lowest BCUT2D eigenvalue weighted by molar-refractivity contribution is -0.167. The van der Waals surface area contributed by atoms with E-state index in [0.717, 1.165) is 64.2 Å². The minimum Gasteiger partial charge on any atom is -0.462 e. The van der Waals surface area contributed by atoms with E-state index in [0.29, 0.717) is 19.3 Å². The van der Waals surface area contributed by atoms with Crippen LogP contribution in [0.25, 0.3) is 0 Å². The highest BCUT2D eigenvalue weighted by atomic mass is 16.6. The molecule has 0 aliphatic rings. The lowest BCUT2D eigenvalue weighted by Gasteiger charge is -2.18. The van der Waals surface area contributed by atoms with Crippen LogP contribution in [0.5, 0.6) is 0 Å². The molecule has 0 aromatic heterocycles. The molecule has 0 aromatic carbocycles. The molecule has 0 radical (unpaired) electrons. The molecule has 0 N–H and O–H groups in total. The first-order valence-corrected chi connectivity index (χ1v) is 27.2. The number of allylic oxidation sites excluding steroid dienone is 2. The van der Waals surface area contributed by atoms with E-state index in [1.807, 2.05) is 0 Å². The predicted molar refractivity (Wildman–Crippen MR) is 261 cm³/mol. The minimum absolute atomic E-state index is 0.0679. The number of carbonyl (C=O) groups excluding carboxylic acids is 3. The van der Waals surface area contributed by atoms with Crippen molar-refractivity contribution in [1.82, 2.24) is 0 Å². The maximum absolute atomic E-state index is 12.8. The summed E-state index contributed by atoms with van der Waals surface area (Å²) in [5.41, 5.74) is 0. The molecule has 6 heteroatoms. The third-order valence-corrected chi connectivity index (χ3v) is 12.3. The van der Waals surface area contributed by atoms with Crippen LogP contribution >= 0.6 is 0 Å². The van der Waals surface area contributed by atoms with Gasteiger partial charge in [0.1, 0.15) is 13.2 Å². The van der Waals surface area contributed by atoms with Gasteiger partial charge >= 0.3 is 17.9 Å². The van der Waals surface area contributed by atoms with Crippen molar-refractivity contribution in [3.63, 3.8) is 0 Å². The number of carbonyl (C=O) groups is 3. The lowest BCUT2D eigenvalue weighted by atomic mass is 10.0. The van der Waals surface area contributed by atoms with Gasteiger partial charge in [0.2, 0.25) is 0 Å². The zero-order valence-electron chi connectivity index (χ0n) is 41.2. The summed E-state index contributed by atoms with van der Waals surface area (Å²) < 4.78 is 16.8. The molecule has 0 aliphatic heterocycles. The van der Waals surface area contributed by atoms with E-state index >= 15 is 0 Å². The van der Waals surface area contributed by atoms with Gasteiger partial charge in [-0.3, -0.25) is 14.4 Å². The van der Waals surface area contributed by atoms with Crippen LogP contribution in [0.15, 0.2) is 12.2 Å². The topological polar surface area (TPSA) is 78.9 Å². The summed E-state index contributed by atoms with van der Waals surface area (Å²) in [5, 5.41) is 0. The lowest BCUT2D eigenvalue weighted by Crippen LogP contribution is -2.30. The SMILES string of the molecule is CCCC/C=C\CCCCCCCC(=O)O[C@@H](COC(=O)CCCCCCCCCCCCCCCCC)COC(=O)CCCCCCCCCCCCCCCCCCC. The molecule has 0 spiro atoms. The van der Waals surface area contributed by atoms with Crippen LogP contribution in [0.4, 0.5) is 0 Å². The number of rotatable bonds is 50. The molecule has 0 saturated carbocycles. The Balaban J connectivity index is 4.27. The van der Waals surface area contributed by atoms with Gasteiger partial charge in [-0.1, -0.05) is 258 Å². The summed E-state index contributed by atoms with van der Waals surface area (Å²) in [6, 6.07) is 0. The van der Waals surface area contributed by atoms with E-state index in [2.05, 4.69) is 32.9 Å². The van der Waals surface area contributed by atoms with Crippen LogP contribution in [-0.4, -0.2) is 37.2 Å². The normalized spacial score (nSPS) is 12.0. The quantitative estimate of drug-likeness (QED) is 0.0262. The molecule has 0 aliphatic carbocycles. The Labute approximate surface area is 380 Å². The standard InChI is InChI=1S/C55H104O6/c1-4-7-10-13-16-19-22-24-26-27-29-31-34-36-39-42-45-48-54(57)60-51-52(61-55(58)49-46-43-40-37-32-21-18-15-12-9-6-3)50-59-53(56)47-44-41-38-35-33-30-28-25-23-20-17-14-11-8-5-2/h15,18,52H,4-14,16-17,19-51H2,1-3H3/b18-15-/t52-/m0/s1. The zero-order valence-corrected chi connectivity index (χ0v) is 41.2. The van der Waals surface area contributed by atoms with Crippen LogP contribution in [0, 0.1) is 0 Å². The summed E-state index contributed by atoms with van der Waals surface area (Å²) in [6.45, 7) is 6.64. The van der Waals surface area contributed by atoms with Crippen molar-refractivity contribution >= 4 is 17.9 Å². The molecule has 1 atom stereocenters. The van der Waals surface area contributed by atoms with Crippen LogP contribution in [-0.2, 0) is 28.6 Å². The molecule has 0 aromatic rings. The van der Waals surface area contributed by atoms with E-state index < -0.39 is 6.10 Å². The van der Waals surface area contributed by atoms with Crippen LogP contribution < -0.4 is 0 Å². The van der Waals surface area contributed by atoms with Crippen molar-refractivity contribution in [3.8, 4) is 0 Å². The van der Waals surface area contributed by atoms with Gasteiger partial charge < -0.3 is 14.2 Å². The van der Waals surface area contributed by atoms with Crippen LogP contribution in [0.2, 0.25) is 0 Å². The Kier molecular flexibility index (Phi) is 49.3. The maximum atomic E-state index is 12.8. The molecular formula is C55H104O6. The number of unbranched alkanes of at least 4 members (excludes halogenated alkanes) is 37. The Morgan fingerprint density at radius 2 is 0.557 bits per heavy atom. The molecular weight excluding hydrogens is 757 g/mol. The summed E-state index contributed by atoms with van der Waals surface area (Å²) in [4.78, 5) is 38.0. The van der Waals surface area contributed by atoms with E-state index in [4.69, 9.17) is 14.2 Å². The number of ether oxygens (including phenoxy) is 3. The first kappa shape index (κ1) is 59.1. The molecule has 6 nitrogen and oxygen atoms in total. The van der Waals surface area contributed by atoms with Crippen molar-refractivity contribution in [3.05, 3.63) is 12.2 Å². The van der Waals surface area contributed by atoms with Gasteiger partial charge in [-0.05, 0) is 38.5 Å². The smallest absolute Gasteiger partial charge is 0.306 e. The van der Waals surface area contributed by atoms with Crippen molar-refractivity contribution < 1.29 is 28.6 Å². The summed E-state index contributed by atoms with van der Waals surface area (Å²) >= 11 is 0. The highest BCUT2D eigenvalue weighted by Crippen LogP contribution is 2.17. The third kappa shape index (κ3) is 49.0. The molecule has 0 saturated heterocycles. The van der Waals surface area contributed by atoms with Crippen molar-refractivity contribution in [2.45, 2.75) is 309 Å². The van der Waals surface area contributed by atoms with Crippen LogP contribution in [0.3, 0.4) is 0 Å². The fourth-order valence-electron chi connectivity index (χ4n) is 8.13. The summed E-state index contributed by atoms with van der Waals surface area (Å²) in [5.74, 6) is -0.858. The van der Waals surface area contributed by atoms with E-state index in [1.165, 1.54) is 199 Å². The molecule has 0 rings (SSSR count). The molecule has 0 amide bonds. The van der Waals surface area contributed by atoms with E-state index in [9.17, 15) is 14.4 Å². The average molecular weight is 861 g/mol. The van der Waals surface area contributed by atoms with Gasteiger partial charge in [0.05, 0.1) is 0 Å². The predicted octanol–water partition coefficient (Wildman–Crippen LogP) is 17.8. The molecule has 0 bridgehead atoms. The van der Waals surface area contributed by atoms with E-state index in [1.54, 1.807) is 0 Å². The molecule has 61 heavy (non-hydrogen) atoms. The highest BCUT2D eigenvalue weighted by Gasteiger charge is 2.19. The summed E-state index contributed by atoms with van der Waals surface area (Å²) in [6.07, 6.45) is 56.3. The third-order valence-electron chi connectivity index (χ3n) is 12.3. The van der Waals surface area contributed by atoms with Gasteiger partial charge in [0.25, 0.3) is 0 Å². The molecule has 360 valence electrons. The molecule has 0 unspecified atom stereocenters. The second kappa shape index (κ2) is 50.8. The maximum Gasteiger partial charge on any atom is 0.306 e. The van der Waals surface area contributed by atoms with Gasteiger partial charge in [0, 0.05) is 19.3 Å². The minimum atomic E-state index is -0.767. The van der Waals surface area contributed by atoms with Crippen molar-refractivity contribution in [1.29, 1.82) is 0 Å². The van der Waals surface area contributed by atoms with Gasteiger partial charge in [0.15, 0.2) is 6.10 Å². The number of hydrogen-bond acceptors (Lipinski definition) is 6. The average Bonchev–Trinajstić information content (AvgIpc) is 3.26. The second-order valence-electron chi connectivity index (χ2n) is 18.5. The highest BCUT2D eigenvalue weighted by molar-refractivity contribution is 5.71. The Bertz CT molecular complexity index is 947. The van der Waals surface area contributed by atoms with Crippen molar-refractivity contribution in [2.24, 2.45) is 0 Å². The largest absolute Gasteiger partial charge is 0.462 e. The van der Waals surface area contributed by atoms with Crippen molar-refractivity contribution in [2.75, 3.05) is 13.2 Å². The number of hydrogen-bond donors (Lipinski definition) is 0. The zero-order chi connectivity index (χ0) is 44.4. The van der Waals surface area contributed by atoms with Gasteiger partial charge in [-0.2, -0.15) is 0 Å². The Morgan fingerprint density at radius 1 is 0.311 bits per heavy atom. The first-order valence-electron chi connectivity index (χ1n) is 27.2. The number of esters is 3. The molecule has 0 heterocycles. The van der Waals surface area contributed by atoms with E-state index in [-0.39, 0.29) is 31.1 Å². The fraction of sp³-hybridized carbons (Fsp3) is 0.909. The first-order chi connectivity index (χ1) is 30.0. The van der Waals surface area contributed by atoms with Crippen LogP contribution in [0.1, 0.15) is 303 Å². The van der Waals surface area contributed by atoms with Gasteiger partial charge in [-0.25, -0.2) is 0 Å². The Hall–Kier alpha value is -1.85. The monoisotopic (exact) mass is 861 g/mol. The summed E-state index contributed by atoms with van der Waals surface area (Å²) in [7, 11) is 0. The second-order valence-corrected chi connectivity index (χ2v) is 18.5. The fourth-order valence-corrected chi connectivity index (χ4v) is 8.13.